The molecule has 0 radical (unpaired) electrons. The quantitative estimate of drug-likeness (QED) is 0.682. The topological polar surface area (TPSA) is 95.7 Å². The number of pyridine rings is 1. The number of carbonyl (C=O) groups is 2. The number of nitrogens with one attached hydrogen (secondary N) is 2. The van der Waals surface area contributed by atoms with Crippen LogP contribution < -0.4 is 10.6 Å². The smallest absolute Gasteiger partial charge is 0.271 e. The lowest BCUT2D eigenvalue weighted by Crippen LogP contribution is -2.47. The van der Waals surface area contributed by atoms with Crippen LogP contribution in [0, 0.1) is 23.2 Å². The largest absolute Gasteiger partial charge is 0.394 e. The molecule has 4 bridgehead atoms. The average Bonchev–Trinajstić information content (AvgIpc) is 3.12. The van der Waals surface area contributed by atoms with E-state index in [4.69, 9.17) is 5.11 Å². The summed E-state index contributed by atoms with van der Waals surface area (Å²) in [5.74, 6) is 2.81. The molecule has 30 heavy (non-hydrogen) atoms. The molecular formula is C23H30N4O3. The first kappa shape index (κ1) is 19.5. The van der Waals surface area contributed by atoms with Crippen LogP contribution in [0.3, 0.4) is 0 Å². The van der Waals surface area contributed by atoms with Crippen LogP contribution in [-0.2, 0) is 4.79 Å². The monoisotopic (exact) mass is 410 g/mol. The summed E-state index contributed by atoms with van der Waals surface area (Å²) in [5, 5.41) is 14.9. The number of aliphatic hydroxyl groups excluding tert-OH is 1. The molecule has 2 amide bonds. The van der Waals surface area contributed by atoms with Gasteiger partial charge in [0, 0.05) is 18.7 Å². The lowest BCUT2D eigenvalue weighted by molar-refractivity contribution is -0.124. The fraction of sp³-hybridized carbons (Fsp3) is 0.609. The molecule has 6 rings (SSSR count). The van der Waals surface area contributed by atoms with Crippen molar-refractivity contribution in [3.63, 3.8) is 0 Å². The van der Waals surface area contributed by atoms with Gasteiger partial charge >= 0.3 is 0 Å². The van der Waals surface area contributed by atoms with E-state index in [1.54, 1.807) is 23.6 Å². The van der Waals surface area contributed by atoms with Crippen molar-refractivity contribution in [3.8, 4) is 0 Å². The van der Waals surface area contributed by atoms with Crippen molar-refractivity contribution in [2.45, 2.75) is 57.9 Å². The second-order valence-electron chi connectivity index (χ2n) is 9.96. The summed E-state index contributed by atoms with van der Waals surface area (Å²) >= 11 is 0. The van der Waals surface area contributed by atoms with Crippen LogP contribution in [0.15, 0.2) is 24.4 Å². The van der Waals surface area contributed by atoms with Crippen LogP contribution >= 0.6 is 0 Å². The van der Waals surface area contributed by atoms with Crippen LogP contribution in [0.4, 0.5) is 5.82 Å². The summed E-state index contributed by atoms with van der Waals surface area (Å²) in [6.45, 7) is 1.59. The highest BCUT2D eigenvalue weighted by Crippen LogP contribution is 2.61. The van der Waals surface area contributed by atoms with Crippen LogP contribution in [0.2, 0.25) is 0 Å². The molecule has 2 aromatic heterocycles. The van der Waals surface area contributed by atoms with E-state index >= 15 is 0 Å². The van der Waals surface area contributed by atoms with Gasteiger partial charge in [0.1, 0.15) is 17.2 Å². The van der Waals surface area contributed by atoms with Gasteiger partial charge in [0.05, 0.1) is 6.61 Å². The van der Waals surface area contributed by atoms with E-state index in [2.05, 4.69) is 15.6 Å². The lowest BCUT2D eigenvalue weighted by Gasteiger charge is -2.56. The zero-order valence-corrected chi connectivity index (χ0v) is 17.4. The van der Waals surface area contributed by atoms with Gasteiger partial charge in [0.25, 0.3) is 5.91 Å². The van der Waals surface area contributed by atoms with E-state index in [0.717, 1.165) is 17.8 Å². The van der Waals surface area contributed by atoms with Crippen LogP contribution in [-0.4, -0.2) is 39.0 Å². The molecule has 0 aromatic carbocycles. The van der Waals surface area contributed by atoms with Gasteiger partial charge in [-0.05, 0) is 80.8 Å². The van der Waals surface area contributed by atoms with E-state index < -0.39 is 0 Å². The molecule has 0 saturated heterocycles. The molecule has 2 heterocycles. The predicted molar refractivity (Wildman–Crippen MR) is 113 cm³/mol. The molecule has 2 aromatic rings. The zero-order valence-electron chi connectivity index (χ0n) is 17.4. The van der Waals surface area contributed by atoms with Crippen molar-refractivity contribution in [2.24, 2.45) is 23.2 Å². The van der Waals surface area contributed by atoms with Crippen molar-refractivity contribution in [1.82, 2.24) is 14.7 Å². The summed E-state index contributed by atoms with van der Waals surface area (Å²) < 4.78 is 1.75. The second-order valence-corrected chi connectivity index (χ2v) is 9.96. The fourth-order valence-electron chi connectivity index (χ4n) is 6.60. The average molecular weight is 411 g/mol. The maximum atomic E-state index is 13.0. The molecule has 7 nitrogen and oxygen atoms in total. The molecular weight excluding hydrogens is 380 g/mol. The van der Waals surface area contributed by atoms with Gasteiger partial charge in [-0.15, -0.1) is 0 Å². The standard InChI is InChI=1S/C23H30N4O3/c1-14(13-28)24-22(30)18-12-27-19(25-18)3-2-4-20(27)26-21(29)11-23-8-15-5-16(9-23)7-17(6-15)10-23/h2-4,12,14-17,28H,5-11,13H2,1H3,(H,24,30)(H,26,29). The minimum Gasteiger partial charge on any atom is -0.394 e. The van der Waals surface area contributed by atoms with Crippen molar-refractivity contribution >= 4 is 23.3 Å². The van der Waals surface area contributed by atoms with E-state index in [-0.39, 0.29) is 35.6 Å². The van der Waals surface area contributed by atoms with Crippen LogP contribution in [0.1, 0.15) is 62.4 Å². The Morgan fingerprint density at radius 3 is 2.50 bits per heavy atom. The van der Waals surface area contributed by atoms with Crippen molar-refractivity contribution in [2.75, 3.05) is 11.9 Å². The highest BCUT2D eigenvalue weighted by atomic mass is 16.3. The van der Waals surface area contributed by atoms with Gasteiger partial charge in [0.2, 0.25) is 5.91 Å². The third-order valence-electron chi connectivity index (χ3n) is 7.34. The Balaban J connectivity index is 1.31. The maximum absolute atomic E-state index is 13.0. The predicted octanol–water partition coefficient (Wildman–Crippen LogP) is 2.99. The lowest BCUT2D eigenvalue weighted by atomic mass is 9.49. The molecule has 1 unspecified atom stereocenters. The van der Waals surface area contributed by atoms with Gasteiger partial charge in [-0.1, -0.05) is 6.07 Å². The summed E-state index contributed by atoms with van der Waals surface area (Å²) in [7, 11) is 0. The third kappa shape index (κ3) is 3.60. The molecule has 7 heteroatoms. The van der Waals surface area contributed by atoms with E-state index in [9.17, 15) is 9.59 Å². The SMILES string of the molecule is CC(CO)NC(=O)c1cn2c(NC(=O)CC34CC5CC(CC(C5)C3)C4)cccc2n1. The number of nitrogens with zero attached hydrogens (tertiary/aromatic N) is 2. The molecule has 4 fully saturated rings. The van der Waals surface area contributed by atoms with Crippen molar-refractivity contribution in [1.29, 1.82) is 0 Å². The first-order valence-corrected chi connectivity index (χ1v) is 11.1. The van der Waals surface area contributed by atoms with Crippen molar-refractivity contribution < 1.29 is 14.7 Å². The Hall–Kier alpha value is -2.41. The number of hydrogen-bond donors (Lipinski definition) is 3. The van der Waals surface area contributed by atoms with Gasteiger partial charge in [-0.25, -0.2) is 4.98 Å². The van der Waals surface area contributed by atoms with Gasteiger partial charge in [-0.2, -0.15) is 0 Å². The Morgan fingerprint density at radius 1 is 1.20 bits per heavy atom. The Bertz CT molecular complexity index is 947. The van der Waals surface area contributed by atoms with E-state index in [0.29, 0.717) is 17.9 Å². The minimum absolute atomic E-state index is 0.0538. The maximum Gasteiger partial charge on any atom is 0.271 e. The third-order valence-corrected chi connectivity index (χ3v) is 7.34. The van der Waals surface area contributed by atoms with E-state index in [1.165, 1.54) is 38.5 Å². The Kier molecular flexibility index (Phi) is 4.81. The molecule has 0 aliphatic heterocycles. The molecule has 1 atom stereocenters. The first-order chi connectivity index (χ1) is 14.4. The van der Waals surface area contributed by atoms with Crippen LogP contribution in [0.25, 0.3) is 5.65 Å². The normalized spacial score (nSPS) is 30.4. The van der Waals surface area contributed by atoms with Gasteiger partial charge in [0.15, 0.2) is 0 Å². The molecule has 4 saturated carbocycles. The van der Waals surface area contributed by atoms with E-state index in [1.807, 2.05) is 12.1 Å². The summed E-state index contributed by atoms with van der Waals surface area (Å²) in [6.07, 6.45) is 9.94. The first-order valence-electron chi connectivity index (χ1n) is 11.1. The highest BCUT2D eigenvalue weighted by molar-refractivity contribution is 5.94. The molecule has 160 valence electrons. The molecule has 0 spiro atoms. The minimum atomic E-state index is -0.346. The summed E-state index contributed by atoms with van der Waals surface area (Å²) in [4.78, 5) is 29.7. The number of anilines is 1. The number of carbonyl (C=O) groups excluding carboxylic acids is 2. The Morgan fingerprint density at radius 2 is 1.87 bits per heavy atom. The fourth-order valence-corrected chi connectivity index (χ4v) is 6.60. The van der Waals surface area contributed by atoms with Crippen LogP contribution in [0.5, 0.6) is 0 Å². The zero-order chi connectivity index (χ0) is 20.9. The molecule has 4 aliphatic carbocycles. The number of aliphatic hydroxyl groups is 1. The van der Waals surface area contributed by atoms with Gasteiger partial charge in [-0.3, -0.25) is 14.0 Å². The number of fused-ring (bicyclic) bond motifs is 1. The van der Waals surface area contributed by atoms with Gasteiger partial charge < -0.3 is 15.7 Å². The highest BCUT2D eigenvalue weighted by Gasteiger charge is 2.51. The number of aromatic nitrogens is 2. The second kappa shape index (κ2) is 7.38. The number of hydrogen-bond acceptors (Lipinski definition) is 4. The summed E-state index contributed by atoms with van der Waals surface area (Å²) in [5.41, 5.74) is 1.05. The number of amides is 2. The van der Waals surface area contributed by atoms with Crippen molar-refractivity contribution in [3.05, 3.63) is 30.1 Å². The Labute approximate surface area is 176 Å². The molecule has 4 aliphatic rings. The number of rotatable bonds is 6. The molecule has 3 N–H and O–H groups in total. The summed E-state index contributed by atoms with van der Waals surface area (Å²) in [6, 6.07) is 5.13. The number of imidazole rings is 1.